The fraction of sp³-hybridized carbons (Fsp3) is 0.533. The van der Waals surface area contributed by atoms with Gasteiger partial charge >= 0.3 is 0 Å². The van der Waals surface area contributed by atoms with Crippen molar-refractivity contribution >= 4 is 29.1 Å². The van der Waals surface area contributed by atoms with Crippen molar-refractivity contribution in [3.63, 3.8) is 0 Å². The zero-order chi connectivity index (χ0) is 14.3. The maximum atomic E-state index is 11.9. The Labute approximate surface area is 125 Å². The van der Waals surface area contributed by atoms with Gasteiger partial charge in [-0.2, -0.15) is 0 Å². The first-order valence-electron chi connectivity index (χ1n) is 6.62. The number of nitrogens with one attached hydrogen (secondary N) is 1. The van der Waals surface area contributed by atoms with E-state index in [1.165, 1.54) is 0 Å². The second-order valence-electron chi connectivity index (χ2n) is 4.92. The van der Waals surface area contributed by atoms with Crippen molar-refractivity contribution in [3.05, 3.63) is 34.9 Å². The maximum Gasteiger partial charge on any atom is 0.224 e. The molecule has 106 valence electrons. The Balaban J connectivity index is 2.49. The molecule has 0 aliphatic heterocycles. The fourth-order valence-corrected chi connectivity index (χ4v) is 2.47. The van der Waals surface area contributed by atoms with Gasteiger partial charge in [0.1, 0.15) is 0 Å². The Morgan fingerprint density at radius 1 is 1.21 bits per heavy atom. The molecule has 1 amide bonds. The molecule has 0 saturated carbocycles. The first kappa shape index (κ1) is 16.3. The van der Waals surface area contributed by atoms with Crippen LogP contribution >= 0.6 is 23.2 Å². The Hall–Kier alpha value is -0.730. The van der Waals surface area contributed by atoms with E-state index in [4.69, 9.17) is 23.2 Å². The zero-order valence-corrected chi connectivity index (χ0v) is 13.0. The molecule has 0 aliphatic carbocycles. The largest absolute Gasteiger partial charge is 0.355 e. The van der Waals surface area contributed by atoms with Crippen molar-refractivity contribution < 1.29 is 4.79 Å². The van der Waals surface area contributed by atoms with Crippen LogP contribution in [0.15, 0.2) is 24.3 Å². The van der Waals surface area contributed by atoms with Crippen LogP contribution in [0.25, 0.3) is 0 Å². The standard InChI is InChI=1S/C15H21Cl2NO/c1-3-15(4-2,10-16)11-18-14(19)9-12-5-7-13(17)8-6-12/h5-8H,3-4,9-11H2,1-2H3,(H,18,19). The van der Waals surface area contributed by atoms with Gasteiger partial charge in [0.15, 0.2) is 0 Å². The lowest BCUT2D eigenvalue weighted by atomic mass is 9.84. The van der Waals surface area contributed by atoms with Gasteiger partial charge in [0.05, 0.1) is 6.42 Å². The summed E-state index contributed by atoms with van der Waals surface area (Å²) in [6, 6.07) is 7.34. The molecule has 0 aromatic heterocycles. The van der Waals surface area contributed by atoms with Crippen LogP contribution in [0.2, 0.25) is 5.02 Å². The SMILES string of the molecule is CCC(CC)(CCl)CNC(=O)Cc1ccc(Cl)cc1. The smallest absolute Gasteiger partial charge is 0.224 e. The summed E-state index contributed by atoms with van der Waals surface area (Å²) in [5.41, 5.74) is 0.975. The molecule has 0 heterocycles. The van der Waals surface area contributed by atoms with Crippen molar-refractivity contribution in [3.8, 4) is 0 Å². The number of carbonyl (C=O) groups is 1. The minimum absolute atomic E-state index is 0.0111. The average molecular weight is 302 g/mol. The van der Waals surface area contributed by atoms with E-state index in [0.29, 0.717) is 23.9 Å². The van der Waals surface area contributed by atoms with Gasteiger partial charge in [-0.1, -0.05) is 37.6 Å². The number of hydrogen-bond acceptors (Lipinski definition) is 1. The molecular formula is C15H21Cl2NO. The van der Waals surface area contributed by atoms with Crippen LogP contribution in [-0.4, -0.2) is 18.3 Å². The zero-order valence-electron chi connectivity index (χ0n) is 11.5. The number of rotatable bonds is 7. The third kappa shape index (κ3) is 5.04. The molecule has 0 fully saturated rings. The lowest BCUT2D eigenvalue weighted by molar-refractivity contribution is -0.120. The molecular weight excluding hydrogens is 281 g/mol. The molecule has 1 aromatic rings. The molecule has 1 N–H and O–H groups in total. The van der Waals surface area contributed by atoms with E-state index in [1.54, 1.807) is 12.1 Å². The summed E-state index contributed by atoms with van der Waals surface area (Å²) in [5, 5.41) is 3.67. The van der Waals surface area contributed by atoms with Gasteiger partial charge in [-0.25, -0.2) is 0 Å². The molecule has 0 radical (unpaired) electrons. The van der Waals surface area contributed by atoms with Gasteiger partial charge in [-0.15, -0.1) is 11.6 Å². The van der Waals surface area contributed by atoms with Gasteiger partial charge in [-0.3, -0.25) is 4.79 Å². The molecule has 0 atom stereocenters. The summed E-state index contributed by atoms with van der Waals surface area (Å²) >= 11 is 11.8. The van der Waals surface area contributed by atoms with E-state index < -0.39 is 0 Å². The highest BCUT2D eigenvalue weighted by atomic mass is 35.5. The quantitative estimate of drug-likeness (QED) is 0.757. The first-order valence-corrected chi connectivity index (χ1v) is 7.53. The molecule has 0 bridgehead atoms. The summed E-state index contributed by atoms with van der Waals surface area (Å²) in [7, 11) is 0. The molecule has 0 spiro atoms. The highest BCUT2D eigenvalue weighted by Crippen LogP contribution is 2.26. The van der Waals surface area contributed by atoms with Crippen LogP contribution in [0.5, 0.6) is 0 Å². The molecule has 0 saturated heterocycles. The molecule has 0 unspecified atom stereocenters. The first-order chi connectivity index (χ1) is 9.05. The number of alkyl halides is 1. The maximum absolute atomic E-state index is 11.9. The van der Waals surface area contributed by atoms with E-state index in [-0.39, 0.29) is 11.3 Å². The highest BCUT2D eigenvalue weighted by molar-refractivity contribution is 6.30. The second-order valence-corrected chi connectivity index (χ2v) is 5.62. The van der Waals surface area contributed by atoms with Gasteiger partial charge in [0, 0.05) is 22.9 Å². The molecule has 1 aromatic carbocycles. The number of hydrogen-bond donors (Lipinski definition) is 1. The van der Waals surface area contributed by atoms with Gasteiger partial charge in [-0.05, 0) is 30.5 Å². The van der Waals surface area contributed by atoms with Crippen molar-refractivity contribution in [1.29, 1.82) is 0 Å². The average Bonchev–Trinajstić information content (AvgIpc) is 2.44. The van der Waals surface area contributed by atoms with Crippen LogP contribution < -0.4 is 5.32 Å². The van der Waals surface area contributed by atoms with Crippen molar-refractivity contribution in [1.82, 2.24) is 5.32 Å². The van der Waals surface area contributed by atoms with Crippen molar-refractivity contribution in [2.24, 2.45) is 5.41 Å². The van der Waals surface area contributed by atoms with E-state index in [1.807, 2.05) is 12.1 Å². The summed E-state index contributed by atoms with van der Waals surface area (Å²) in [4.78, 5) is 11.9. The minimum Gasteiger partial charge on any atom is -0.355 e. The summed E-state index contributed by atoms with van der Waals surface area (Å²) in [6.45, 7) is 4.85. The molecule has 4 heteroatoms. The number of carbonyl (C=O) groups excluding carboxylic acids is 1. The van der Waals surface area contributed by atoms with Crippen LogP contribution in [0.1, 0.15) is 32.3 Å². The van der Waals surface area contributed by atoms with E-state index in [2.05, 4.69) is 19.2 Å². The molecule has 2 nitrogen and oxygen atoms in total. The number of amides is 1. The highest BCUT2D eigenvalue weighted by Gasteiger charge is 2.25. The topological polar surface area (TPSA) is 29.1 Å². The van der Waals surface area contributed by atoms with Gasteiger partial charge in [0.25, 0.3) is 0 Å². The van der Waals surface area contributed by atoms with Crippen LogP contribution in [0.3, 0.4) is 0 Å². The normalized spacial score (nSPS) is 11.4. The predicted molar refractivity (Wildman–Crippen MR) is 81.9 cm³/mol. The Morgan fingerprint density at radius 2 is 1.79 bits per heavy atom. The number of halogens is 2. The number of benzene rings is 1. The Morgan fingerprint density at radius 3 is 2.26 bits per heavy atom. The van der Waals surface area contributed by atoms with Crippen molar-refractivity contribution in [2.75, 3.05) is 12.4 Å². The second kappa shape index (κ2) is 7.76. The Bertz CT molecular complexity index is 391. The van der Waals surface area contributed by atoms with Gasteiger partial charge < -0.3 is 5.32 Å². The van der Waals surface area contributed by atoms with Crippen LogP contribution in [-0.2, 0) is 11.2 Å². The fourth-order valence-electron chi connectivity index (χ4n) is 1.87. The van der Waals surface area contributed by atoms with Crippen LogP contribution in [0, 0.1) is 5.41 Å². The van der Waals surface area contributed by atoms with E-state index in [0.717, 1.165) is 18.4 Å². The predicted octanol–water partition coefficient (Wildman–Crippen LogP) is 4.04. The van der Waals surface area contributed by atoms with Crippen molar-refractivity contribution in [2.45, 2.75) is 33.1 Å². The van der Waals surface area contributed by atoms with E-state index in [9.17, 15) is 4.79 Å². The molecule has 1 rings (SSSR count). The lowest BCUT2D eigenvalue weighted by Crippen LogP contribution is -2.38. The summed E-state index contributed by atoms with van der Waals surface area (Å²) < 4.78 is 0. The van der Waals surface area contributed by atoms with Crippen LogP contribution in [0.4, 0.5) is 0 Å². The lowest BCUT2D eigenvalue weighted by Gasteiger charge is -2.29. The summed E-state index contributed by atoms with van der Waals surface area (Å²) in [6.07, 6.45) is 2.31. The Kier molecular flexibility index (Phi) is 6.67. The van der Waals surface area contributed by atoms with Gasteiger partial charge in [0.2, 0.25) is 5.91 Å². The summed E-state index contributed by atoms with van der Waals surface area (Å²) in [5.74, 6) is 0.597. The molecule has 0 aliphatic rings. The minimum atomic E-state index is 0.0111. The monoisotopic (exact) mass is 301 g/mol. The third-order valence-electron chi connectivity index (χ3n) is 3.72. The molecule has 19 heavy (non-hydrogen) atoms. The van der Waals surface area contributed by atoms with E-state index >= 15 is 0 Å². The third-order valence-corrected chi connectivity index (χ3v) is 4.54.